The van der Waals surface area contributed by atoms with Crippen LogP contribution in [0, 0.1) is 5.92 Å². The van der Waals surface area contributed by atoms with Gasteiger partial charge in [0.25, 0.3) is 0 Å². The minimum absolute atomic E-state index is 0.139. The van der Waals surface area contributed by atoms with Crippen molar-refractivity contribution < 1.29 is 19.4 Å². The number of nitrogens with one attached hydrogen (secondary N) is 1. The molecule has 1 aliphatic heterocycles. The van der Waals surface area contributed by atoms with Gasteiger partial charge in [-0.1, -0.05) is 11.6 Å². The monoisotopic (exact) mass is 299 g/mol. The van der Waals surface area contributed by atoms with Crippen molar-refractivity contribution in [2.24, 2.45) is 5.92 Å². The Morgan fingerprint density at radius 2 is 2.30 bits per heavy atom. The van der Waals surface area contributed by atoms with Crippen LogP contribution < -0.4 is 14.8 Å². The van der Waals surface area contributed by atoms with Crippen molar-refractivity contribution in [3.8, 4) is 11.5 Å². The van der Waals surface area contributed by atoms with Crippen molar-refractivity contribution in [3.05, 3.63) is 22.7 Å². The van der Waals surface area contributed by atoms with Crippen molar-refractivity contribution in [1.29, 1.82) is 0 Å². The summed E-state index contributed by atoms with van der Waals surface area (Å²) in [7, 11) is 1.57. The van der Waals surface area contributed by atoms with Gasteiger partial charge in [-0.05, 0) is 25.5 Å². The molecule has 0 radical (unpaired) electrons. The number of benzene rings is 1. The number of carboxylic acids is 1. The number of rotatable bonds is 5. The Hall–Kier alpha value is -1.46. The Balaban J connectivity index is 2.37. The second-order valence-electron chi connectivity index (χ2n) is 4.66. The van der Waals surface area contributed by atoms with Gasteiger partial charge in [-0.2, -0.15) is 0 Å². The van der Waals surface area contributed by atoms with E-state index in [1.807, 2.05) is 6.92 Å². The first-order valence-corrected chi connectivity index (χ1v) is 6.91. The van der Waals surface area contributed by atoms with Crippen molar-refractivity contribution in [1.82, 2.24) is 5.32 Å². The van der Waals surface area contributed by atoms with E-state index in [0.717, 1.165) is 5.56 Å². The molecule has 5 nitrogen and oxygen atoms in total. The van der Waals surface area contributed by atoms with Gasteiger partial charge in [0.15, 0.2) is 11.5 Å². The number of methoxy groups -OCH3 is 1. The predicted molar refractivity (Wildman–Crippen MR) is 75.7 cm³/mol. The topological polar surface area (TPSA) is 67.8 Å². The maximum Gasteiger partial charge on any atom is 0.307 e. The quantitative estimate of drug-likeness (QED) is 0.874. The molecule has 0 spiro atoms. The maximum atomic E-state index is 11.1. The van der Waals surface area contributed by atoms with Gasteiger partial charge in [0.2, 0.25) is 0 Å². The van der Waals surface area contributed by atoms with Gasteiger partial charge >= 0.3 is 5.97 Å². The van der Waals surface area contributed by atoms with Crippen LogP contribution in [0.15, 0.2) is 12.1 Å². The molecule has 1 heterocycles. The molecular weight excluding hydrogens is 282 g/mol. The summed E-state index contributed by atoms with van der Waals surface area (Å²) < 4.78 is 11.0. The summed E-state index contributed by atoms with van der Waals surface area (Å²) in [6.45, 7) is 2.80. The third kappa shape index (κ3) is 2.83. The third-order valence-corrected chi connectivity index (χ3v) is 3.77. The molecule has 0 aliphatic carbocycles. The summed E-state index contributed by atoms with van der Waals surface area (Å²) in [5.74, 6) is -0.00779. The molecule has 110 valence electrons. The van der Waals surface area contributed by atoms with Gasteiger partial charge in [0, 0.05) is 23.2 Å². The van der Waals surface area contributed by atoms with Crippen LogP contribution in [0.3, 0.4) is 0 Å². The van der Waals surface area contributed by atoms with Crippen LogP contribution in [0.2, 0.25) is 5.02 Å². The molecule has 0 amide bonds. The summed E-state index contributed by atoms with van der Waals surface area (Å²) in [5, 5.41) is 12.8. The maximum absolute atomic E-state index is 11.1. The number of aliphatic carboxylic acids is 1. The molecule has 1 aromatic rings. The Morgan fingerprint density at radius 1 is 1.55 bits per heavy atom. The predicted octanol–water partition coefficient (Wildman–Crippen LogP) is 2.48. The van der Waals surface area contributed by atoms with Crippen molar-refractivity contribution in [3.63, 3.8) is 0 Å². The molecule has 0 bridgehead atoms. The number of halogens is 1. The molecule has 2 atom stereocenters. The number of hydrogen-bond donors (Lipinski definition) is 2. The van der Waals surface area contributed by atoms with E-state index >= 15 is 0 Å². The lowest BCUT2D eigenvalue weighted by atomic mass is 9.99. The molecular formula is C14H18ClNO4. The molecule has 1 fully saturated rings. The third-order valence-electron chi connectivity index (χ3n) is 3.44. The van der Waals surface area contributed by atoms with Crippen LogP contribution >= 0.6 is 11.6 Å². The van der Waals surface area contributed by atoms with Crippen LogP contribution in [0.25, 0.3) is 0 Å². The highest BCUT2D eigenvalue weighted by molar-refractivity contribution is 6.31. The molecule has 1 aromatic carbocycles. The fourth-order valence-electron chi connectivity index (χ4n) is 2.48. The van der Waals surface area contributed by atoms with E-state index < -0.39 is 11.9 Å². The first-order valence-electron chi connectivity index (χ1n) is 6.53. The second kappa shape index (κ2) is 6.33. The standard InChI is InChI=1S/C14H18ClNO4/c1-3-20-13-11(19-2)5-4-9(15)12(13)10-6-8(7-16-10)14(17)18/h4-5,8,10,16H,3,6-7H2,1-2H3,(H,17,18). The molecule has 2 unspecified atom stereocenters. The summed E-state index contributed by atoms with van der Waals surface area (Å²) in [4.78, 5) is 11.1. The Kier molecular flexibility index (Phi) is 4.73. The van der Waals surface area contributed by atoms with Gasteiger partial charge < -0.3 is 19.9 Å². The zero-order valence-corrected chi connectivity index (χ0v) is 12.2. The smallest absolute Gasteiger partial charge is 0.307 e. The van der Waals surface area contributed by atoms with Crippen LogP contribution in [-0.4, -0.2) is 31.3 Å². The van der Waals surface area contributed by atoms with Gasteiger partial charge in [-0.15, -0.1) is 0 Å². The minimum Gasteiger partial charge on any atom is -0.493 e. The second-order valence-corrected chi connectivity index (χ2v) is 5.06. The Morgan fingerprint density at radius 3 is 2.85 bits per heavy atom. The molecule has 2 N–H and O–H groups in total. The largest absolute Gasteiger partial charge is 0.493 e. The minimum atomic E-state index is -0.794. The van der Waals surface area contributed by atoms with Gasteiger partial charge in [-0.25, -0.2) is 0 Å². The lowest BCUT2D eigenvalue weighted by molar-refractivity contribution is -0.141. The number of hydrogen-bond acceptors (Lipinski definition) is 4. The molecule has 2 rings (SSSR count). The lowest BCUT2D eigenvalue weighted by Gasteiger charge is -2.20. The fraction of sp³-hybridized carbons (Fsp3) is 0.500. The highest BCUT2D eigenvalue weighted by Gasteiger charge is 2.33. The molecule has 0 saturated carbocycles. The summed E-state index contributed by atoms with van der Waals surface area (Å²) in [6.07, 6.45) is 0.488. The van der Waals surface area contributed by atoms with Gasteiger partial charge in [0.05, 0.1) is 19.6 Å². The number of carbonyl (C=O) groups is 1. The fourth-order valence-corrected chi connectivity index (χ4v) is 2.76. The van der Waals surface area contributed by atoms with E-state index in [-0.39, 0.29) is 6.04 Å². The average molecular weight is 300 g/mol. The molecule has 0 aromatic heterocycles. The van der Waals surface area contributed by atoms with Crippen LogP contribution in [-0.2, 0) is 4.79 Å². The van der Waals surface area contributed by atoms with E-state index in [1.54, 1.807) is 19.2 Å². The van der Waals surface area contributed by atoms with E-state index in [9.17, 15) is 4.79 Å². The zero-order chi connectivity index (χ0) is 14.7. The summed E-state index contributed by atoms with van der Waals surface area (Å²) >= 11 is 6.28. The van der Waals surface area contributed by atoms with E-state index in [4.69, 9.17) is 26.2 Å². The average Bonchev–Trinajstić information content (AvgIpc) is 2.89. The Bertz CT molecular complexity index is 506. The zero-order valence-electron chi connectivity index (χ0n) is 11.5. The number of ether oxygens (including phenoxy) is 2. The van der Waals surface area contributed by atoms with Crippen LogP contribution in [0.1, 0.15) is 24.9 Å². The first kappa shape index (κ1) is 14.9. The van der Waals surface area contributed by atoms with Crippen LogP contribution in [0.4, 0.5) is 0 Å². The van der Waals surface area contributed by atoms with Crippen LogP contribution in [0.5, 0.6) is 11.5 Å². The summed E-state index contributed by atoms with van der Waals surface area (Å²) in [5.41, 5.74) is 0.775. The highest BCUT2D eigenvalue weighted by atomic mass is 35.5. The van der Waals surface area contributed by atoms with Gasteiger partial charge in [0.1, 0.15) is 0 Å². The molecule has 20 heavy (non-hydrogen) atoms. The lowest BCUT2D eigenvalue weighted by Crippen LogP contribution is -2.18. The SMILES string of the molecule is CCOc1c(OC)ccc(Cl)c1C1CC(C(=O)O)CN1. The summed E-state index contributed by atoms with van der Waals surface area (Å²) in [6, 6.07) is 3.36. The molecule has 1 aliphatic rings. The van der Waals surface area contributed by atoms with Gasteiger partial charge in [-0.3, -0.25) is 4.79 Å². The van der Waals surface area contributed by atoms with E-state index in [2.05, 4.69) is 5.32 Å². The first-order chi connectivity index (χ1) is 9.58. The highest BCUT2D eigenvalue weighted by Crippen LogP contribution is 2.43. The molecule has 6 heteroatoms. The van der Waals surface area contributed by atoms with Crippen molar-refractivity contribution in [2.75, 3.05) is 20.3 Å². The normalized spacial score (nSPS) is 21.8. The van der Waals surface area contributed by atoms with E-state index in [1.165, 1.54) is 0 Å². The Labute approximate surface area is 122 Å². The van der Waals surface area contributed by atoms with Crippen molar-refractivity contribution >= 4 is 17.6 Å². The molecule has 1 saturated heterocycles. The van der Waals surface area contributed by atoms with E-state index in [0.29, 0.717) is 36.1 Å². The van der Waals surface area contributed by atoms with Crippen molar-refractivity contribution in [2.45, 2.75) is 19.4 Å². The number of carboxylic acid groups (broad SMARTS) is 1.